The minimum absolute atomic E-state index is 0.0124. The van der Waals surface area contributed by atoms with E-state index in [1.54, 1.807) is 30.9 Å². The average Bonchev–Trinajstić information content (AvgIpc) is 2.72. The molecule has 0 spiro atoms. The lowest BCUT2D eigenvalue weighted by atomic mass is 10.3. The first-order valence-corrected chi connectivity index (χ1v) is 9.18. The van der Waals surface area contributed by atoms with Gasteiger partial charge < -0.3 is 10.1 Å². The molecule has 7 heteroatoms. The molecule has 1 rings (SSSR count). The lowest BCUT2D eigenvalue weighted by molar-refractivity contribution is -0.140. The average molecular weight is 304 g/mol. The lowest BCUT2D eigenvalue weighted by Crippen LogP contribution is -2.21. The fourth-order valence-corrected chi connectivity index (χ4v) is 3.10. The normalized spacial score (nSPS) is 11.1. The van der Waals surface area contributed by atoms with Crippen molar-refractivity contribution in [2.24, 2.45) is 0 Å². The summed E-state index contributed by atoms with van der Waals surface area (Å²) in [5, 5.41) is 4.62. The zero-order valence-corrected chi connectivity index (χ0v) is 12.9. The maximum absolute atomic E-state index is 12.0. The molecule has 0 aromatic carbocycles. The van der Waals surface area contributed by atoms with Crippen molar-refractivity contribution < 1.29 is 18.5 Å². The Hall–Kier alpha value is -1.21. The second kappa shape index (κ2) is 6.81. The number of hydrogen-bond donors (Lipinski definition) is 1. The van der Waals surface area contributed by atoms with Crippen molar-refractivity contribution in [2.75, 3.05) is 36.7 Å². The summed E-state index contributed by atoms with van der Waals surface area (Å²) in [5.41, 5.74) is 0.590. The molecule has 0 atom stereocenters. The molecular weight excluding hydrogens is 286 g/mol. The molecule has 1 N–H and O–H groups in total. The smallest absolute Gasteiger partial charge is 0.325 e. The van der Waals surface area contributed by atoms with Gasteiger partial charge in [-0.1, -0.05) is 0 Å². The van der Waals surface area contributed by atoms with Crippen molar-refractivity contribution in [2.45, 2.75) is 6.92 Å². The molecule has 0 amide bonds. The Kier molecular flexibility index (Phi) is 5.68. The van der Waals surface area contributed by atoms with Crippen LogP contribution in [0.4, 0.5) is 5.69 Å². The maximum atomic E-state index is 12.0. The standard InChI is InChI=1S/C12H17NO4S2/c1-4-17-11(15)7-13-9-5-6-18-12(9)10(14)8-19(2,3)16/h5-6H,4,7-8H2,1-3H3/p+1. The van der Waals surface area contributed by atoms with E-state index in [2.05, 4.69) is 5.32 Å². The summed E-state index contributed by atoms with van der Waals surface area (Å²) in [4.78, 5) is 23.7. The van der Waals surface area contributed by atoms with Crippen LogP contribution in [0.5, 0.6) is 0 Å². The van der Waals surface area contributed by atoms with Gasteiger partial charge in [-0.15, -0.1) is 15.5 Å². The van der Waals surface area contributed by atoms with Gasteiger partial charge in [0.1, 0.15) is 19.1 Å². The van der Waals surface area contributed by atoms with Gasteiger partial charge in [-0.3, -0.25) is 9.59 Å². The molecule has 0 aliphatic rings. The summed E-state index contributed by atoms with van der Waals surface area (Å²) in [5.74, 6) is -0.528. The maximum Gasteiger partial charge on any atom is 0.325 e. The molecule has 0 bridgehead atoms. The zero-order chi connectivity index (χ0) is 14.5. The zero-order valence-electron chi connectivity index (χ0n) is 11.2. The number of anilines is 1. The Morgan fingerprint density at radius 1 is 1.42 bits per heavy atom. The molecule has 0 saturated heterocycles. The lowest BCUT2D eigenvalue weighted by Gasteiger charge is -2.06. The number of ether oxygens (including phenoxy) is 1. The topological polar surface area (TPSA) is 72.5 Å². The van der Waals surface area contributed by atoms with Gasteiger partial charge in [0.25, 0.3) is 0 Å². The van der Waals surface area contributed by atoms with Crippen molar-refractivity contribution >= 4 is 38.7 Å². The third kappa shape index (κ3) is 5.52. The van der Waals surface area contributed by atoms with Crippen LogP contribution in [-0.4, -0.2) is 43.2 Å². The molecule has 106 valence electrons. The summed E-state index contributed by atoms with van der Waals surface area (Å²) in [7, 11) is -2.12. The van der Waals surface area contributed by atoms with Gasteiger partial charge in [-0.25, -0.2) is 0 Å². The number of carbonyl (C=O) groups is 2. The Labute approximate surface area is 117 Å². The molecule has 0 fully saturated rings. The monoisotopic (exact) mass is 304 g/mol. The predicted molar refractivity (Wildman–Crippen MR) is 78.5 cm³/mol. The van der Waals surface area contributed by atoms with Gasteiger partial charge in [0.05, 0.1) is 27.1 Å². The number of rotatable bonds is 7. The summed E-state index contributed by atoms with van der Waals surface area (Å²) < 4.78 is 16.4. The number of ketones is 1. The van der Waals surface area contributed by atoms with Gasteiger partial charge in [0.2, 0.25) is 5.78 Å². The molecule has 1 heterocycles. The Morgan fingerprint density at radius 2 is 2.11 bits per heavy atom. The van der Waals surface area contributed by atoms with Crippen LogP contribution in [0.25, 0.3) is 0 Å². The number of nitrogens with one attached hydrogen (secondary N) is 1. The first kappa shape index (κ1) is 15.8. The van der Waals surface area contributed by atoms with E-state index < -0.39 is 9.93 Å². The molecule has 19 heavy (non-hydrogen) atoms. The molecule has 0 saturated carbocycles. The molecule has 1 aromatic rings. The van der Waals surface area contributed by atoms with Crippen LogP contribution in [0, 0.1) is 0 Å². The van der Waals surface area contributed by atoms with E-state index in [-0.39, 0.29) is 24.1 Å². The van der Waals surface area contributed by atoms with E-state index >= 15 is 0 Å². The minimum atomic E-state index is -2.12. The van der Waals surface area contributed by atoms with Crippen molar-refractivity contribution in [1.82, 2.24) is 0 Å². The summed E-state index contributed by atoms with van der Waals surface area (Å²) in [6, 6.07) is 1.73. The molecular formula is C12H18NO4S2+. The predicted octanol–water partition coefficient (Wildman–Crippen LogP) is 1.66. The highest BCUT2D eigenvalue weighted by atomic mass is 32.2. The van der Waals surface area contributed by atoms with E-state index in [0.717, 1.165) is 0 Å². The van der Waals surface area contributed by atoms with Crippen LogP contribution in [0.1, 0.15) is 16.6 Å². The first-order chi connectivity index (χ1) is 8.83. The Morgan fingerprint density at radius 3 is 2.68 bits per heavy atom. The van der Waals surface area contributed by atoms with Crippen LogP contribution < -0.4 is 5.32 Å². The van der Waals surface area contributed by atoms with Gasteiger partial charge in [0.15, 0.2) is 5.75 Å². The van der Waals surface area contributed by atoms with E-state index in [9.17, 15) is 13.8 Å². The van der Waals surface area contributed by atoms with Crippen LogP contribution in [0.3, 0.4) is 0 Å². The second-order valence-corrected chi connectivity index (χ2v) is 8.40. The fraction of sp³-hybridized carbons (Fsp3) is 0.500. The minimum Gasteiger partial charge on any atom is -0.465 e. The van der Waals surface area contributed by atoms with Crippen LogP contribution in [0.15, 0.2) is 11.4 Å². The molecule has 1 aromatic heterocycles. The summed E-state index contributed by atoms with van der Waals surface area (Å²) in [6.07, 6.45) is 3.12. The van der Waals surface area contributed by atoms with E-state index in [1.807, 2.05) is 0 Å². The quantitative estimate of drug-likeness (QED) is 0.471. The van der Waals surface area contributed by atoms with Crippen LogP contribution in [0.2, 0.25) is 0 Å². The highest BCUT2D eigenvalue weighted by Crippen LogP contribution is 2.23. The molecule has 0 unspecified atom stereocenters. The highest BCUT2D eigenvalue weighted by Gasteiger charge is 2.23. The molecule has 5 nitrogen and oxygen atoms in total. The summed E-state index contributed by atoms with van der Waals surface area (Å²) >= 11 is 1.27. The van der Waals surface area contributed by atoms with E-state index in [0.29, 0.717) is 17.2 Å². The van der Waals surface area contributed by atoms with Crippen molar-refractivity contribution in [3.63, 3.8) is 0 Å². The van der Waals surface area contributed by atoms with Gasteiger partial charge in [-0.2, -0.15) is 0 Å². The Bertz CT molecular complexity index is 504. The van der Waals surface area contributed by atoms with Crippen molar-refractivity contribution in [3.8, 4) is 0 Å². The number of Topliss-reactive ketones (excluding diaryl/α,β-unsaturated/α-hetero) is 1. The molecule has 0 aliphatic heterocycles. The largest absolute Gasteiger partial charge is 0.465 e. The van der Waals surface area contributed by atoms with Crippen LogP contribution in [-0.2, 0) is 23.7 Å². The molecule has 0 radical (unpaired) electrons. The van der Waals surface area contributed by atoms with Gasteiger partial charge in [0, 0.05) is 0 Å². The van der Waals surface area contributed by atoms with Crippen molar-refractivity contribution in [1.29, 1.82) is 0 Å². The van der Waals surface area contributed by atoms with Crippen molar-refractivity contribution in [3.05, 3.63) is 16.3 Å². The fourth-order valence-electron chi connectivity index (χ4n) is 1.43. The van der Waals surface area contributed by atoms with E-state index in [1.165, 1.54) is 11.3 Å². The summed E-state index contributed by atoms with van der Waals surface area (Å²) in [6.45, 7) is 2.07. The number of hydrogen-bond acceptors (Lipinski definition) is 6. The number of esters is 1. The SMILES string of the molecule is CCOC(=O)CNc1ccsc1C(=O)C[S+](C)(C)=O. The Balaban J connectivity index is 2.67. The second-order valence-electron chi connectivity index (χ2n) is 4.33. The van der Waals surface area contributed by atoms with Gasteiger partial charge >= 0.3 is 5.97 Å². The van der Waals surface area contributed by atoms with Gasteiger partial charge in [-0.05, 0) is 18.4 Å². The van der Waals surface area contributed by atoms with E-state index in [4.69, 9.17) is 4.74 Å². The third-order valence-electron chi connectivity index (χ3n) is 2.13. The number of carbonyl (C=O) groups excluding carboxylic acids is 2. The van der Waals surface area contributed by atoms with Crippen LogP contribution >= 0.6 is 11.3 Å². The third-order valence-corrected chi connectivity index (χ3v) is 4.04. The molecule has 0 aliphatic carbocycles. The first-order valence-electron chi connectivity index (χ1n) is 5.75. The highest BCUT2D eigenvalue weighted by molar-refractivity contribution is 8.02. The number of thiophene rings is 1.